The van der Waals surface area contributed by atoms with Gasteiger partial charge in [0.2, 0.25) is 0 Å². The summed E-state index contributed by atoms with van der Waals surface area (Å²) in [6, 6.07) is 3.36. The number of halogens is 1. The molecule has 1 rings (SSSR count). The van der Waals surface area contributed by atoms with Crippen molar-refractivity contribution < 1.29 is 23.4 Å². The van der Waals surface area contributed by atoms with Crippen molar-refractivity contribution in [2.75, 3.05) is 5.75 Å². The molecular formula is C10H11ClO5S. The molecule has 1 aromatic rings. The Morgan fingerprint density at radius 3 is 2.47 bits per heavy atom. The Morgan fingerprint density at radius 2 is 2.06 bits per heavy atom. The van der Waals surface area contributed by atoms with Crippen LogP contribution in [0, 0.1) is 0 Å². The lowest BCUT2D eigenvalue weighted by molar-refractivity contribution is 0.0697. The Bertz CT molecular complexity index is 536. The molecule has 7 heteroatoms. The van der Waals surface area contributed by atoms with Gasteiger partial charge in [0, 0.05) is 0 Å². The lowest BCUT2D eigenvalue weighted by Crippen LogP contribution is -2.17. The minimum atomic E-state index is -3.65. The van der Waals surface area contributed by atoms with Gasteiger partial charge in [-0.3, -0.25) is 0 Å². The molecule has 2 N–H and O–H groups in total. The summed E-state index contributed by atoms with van der Waals surface area (Å²) < 4.78 is 23.4. The van der Waals surface area contributed by atoms with Crippen LogP contribution in [0.4, 0.5) is 0 Å². The molecule has 1 aromatic carbocycles. The zero-order valence-electron chi connectivity index (χ0n) is 8.92. The van der Waals surface area contributed by atoms with E-state index in [1.165, 1.54) is 6.92 Å². The summed E-state index contributed by atoms with van der Waals surface area (Å²) in [6.45, 7) is 1.35. The van der Waals surface area contributed by atoms with E-state index in [0.29, 0.717) is 0 Å². The second-order valence-corrected chi connectivity index (χ2v) is 6.02. The molecule has 1 atom stereocenters. The lowest BCUT2D eigenvalue weighted by Gasteiger charge is -2.07. The molecule has 0 aliphatic carbocycles. The molecular weight excluding hydrogens is 268 g/mol. The Labute approximate surface area is 104 Å². The molecule has 17 heavy (non-hydrogen) atoms. The predicted octanol–water partition coefficient (Wildman–Crippen LogP) is 1.19. The number of sulfone groups is 1. The molecule has 0 amide bonds. The Kier molecular flexibility index (Phi) is 4.13. The van der Waals surface area contributed by atoms with Crippen LogP contribution in [-0.4, -0.2) is 36.5 Å². The minimum absolute atomic E-state index is 0.103. The first kappa shape index (κ1) is 14.0. The van der Waals surface area contributed by atoms with E-state index in [4.69, 9.17) is 21.8 Å². The molecule has 0 aromatic heterocycles. The first-order chi connectivity index (χ1) is 7.74. The maximum atomic E-state index is 11.7. The fourth-order valence-corrected chi connectivity index (χ4v) is 3.00. The molecule has 0 radical (unpaired) electrons. The summed E-state index contributed by atoms with van der Waals surface area (Å²) >= 11 is 5.66. The highest BCUT2D eigenvalue weighted by molar-refractivity contribution is 7.91. The van der Waals surface area contributed by atoms with Gasteiger partial charge in [0.1, 0.15) is 0 Å². The second kappa shape index (κ2) is 5.03. The number of aromatic carboxylic acids is 1. The van der Waals surface area contributed by atoms with Crippen LogP contribution in [0.3, 0.4) is 0 Å². The van der Waals surface area contributed by atoms with E-state index in [-0.39, 0.29) is 15.5 Å². The summed E-state index contributed by atoms with van der Waals surface area (Å²) in [5.41, 5.74) is -0.164. The van der Waals surface area contributed by atoms with Gasteiger partial charge >= 0.3 is 5.97 Å². The molecule has 0 heterocycles. The number of carbonyl (C=O) groups is 1. The van der Waals surface area contributed by atoms with Gasteiger partial charge in [-0.05, 0) is 25.1 Å². The standard InChI is InChI=1S/C10H11ClO5S/c1-6(12)5-17(15,16)7-2-3-8(10(13)14)9(11)4-7/h2-4,6,12H,5H2,1H3,(H,13,14). The summed E-state index contributed by atoms with van der Waals surface area (Å²) in [6.07, 6.45) is -1.00. The van der Waals surface area contributed by atoms with Gasteiger partial charge in [-0.15, -0.1) is 0 Å². The number of carboxylic acid groups (broad SMARTS) is 1. The van der Waals surface area contributed by atoms with Crippen LogP contribution in [0.15, 0.2) is 23.1 Å². The number of carboxylic acids is 1. The third-order valence-electron chi connectivity index (χ3n) is 1.99. The van der Waals surface area contributed by atoms with E-state index in [0.717, 1.165) is 18.2 Å². The van der Waals surface area contributed by atoms with Crippen molar-refractivity contribution >= 4 is 27.4 Å². The molecule has 0 saturated carbocycles. The fraction of sp³-hybridized carbons (Fsp3) is 0.300. The largest absolute Gasteiger partial charge is 0.478 e. The highest BCUT2D eigenvalue weighted by atomic mass is 35.5. The maximum absolute atomic E-state index is 11.7. The Hall–Kier alpha value is -1.11. The normalized spacial score (nSPS) is 13.4. The van der Waals surface area contributed by atoms with E-state index in [1.807, 2.05) is 0 Å². The summed E-state index contributed by atoms with van der Waals surface area (Å²) in [5, 5.41) is 17.6. The average molecular weight is 279 g/mol. The van der Waals surface area contributed by atoms with Crippen molar-refractivity contribution in [2.24, 2.45) is 0 Å². The number of aliphatic hydroxyl groups is 1. The Morgan fingerprint density at radius 1 is 1.47 bits per heavy atom. The van der Waals surface area contributed by atoms with Crippen molar-refractivity contribution in [1.29, 1.82) is 0 Å². The van der Waals surface area contributed by atoms with Crippen LogP contribution in [-0.2, 0) is 9.84 Å². The number of aliphatic hydroxyl groups excluding tert-OH is 1. The highest BCUT2D eigenvalue weighted by Crippen LogP contribution is 2.22. The Balaban J connectivity index is 3.18. The zero-order chi connectivity index (χ0) is 13.2. The molecule has 0 aliphatic heterocycles. The average Bonchev–Trinajstić information content (AvgIpc) is 2.14. The van der Waals surface area contributed by atoms with Gasteiger partial charge in [0.15, 0.2) is 9.84 Å². The van der Waals surface area contributed by atoms with Gasteiger partial charge in [0.05, 0.1) is 27.3 Å². The van der Waals surface area contributed by atoms with Gasteiger partial charge in [-0.25, -0.2) is 13.2 Å². The van der Waals surface area contributed by atoms with Crippen LogP contribution in [0.25, 0.3) is 0 Å². The number of hydrogen-bond acceptors (Lipinski definition) is 4. The first-order valence-electron chi connectivity index (χ1n) is 4.67. The van der Waals surface area contributed by atoms with Crippen molar-refractivity contribution in [1.82, 2.24) is 0 Å². The number of benzene rings is 1. The second-order valence-electron chi connectivity index (χ2n) is 3.58. The molecule has 0 saturated heterocycles. The maximum Gasteiger partial charge on any atom is 0.337 e. The monoisotopic (exact) mass is 278 g/mol. The molecule has 5 nitrogen and oxygen atoms in total. The van der Waals surface area contributed by atoms with Gasteiger partial charge in [-0.2, -0.15) is 0 Å². The van der Waals surface area contributed by atoms with Gasteiger partial charge < -0.3 is 10.2 Å². The van der Waals surface area contributed by atoms with E-state index in [1.54, 1.807) is 0 Å². The van der Waals surface area contributed by atoms with Crippen LogP contribution in [0.2, 0.25) is 5.02 Å². The number of hydrogen-bond donors (Lipinski definition) is 2. The summed E-state index contributed by atoms with van der Waals surface area (Å²) in [4.78, 5) is 10.6. The third kappa shape index (κ3) is 3.42. The van der Waals surface area contributed by atoms with Gasteiger partial charge in [0.25, 0.3) is 0 Å². The molecule has 0 bridgehead atoms. The van der Waals surface area contributed by atoms with Gasteiger partial charge in [-0.1, -0.05) is 11.6 Å². The molecule has 0 spiro atoms. The minimum Gasteiger partial charge on any atom is -0.478 e. The van der Waals surface area contributed by atoms with Crippen molar-refractivity contribution in [3.63, 3.8) is 0 Å². The predicted molar refractivity (Wildman–Crippen MR) is 62.1 cm³/mol. The van der Waals surface area contributed by atoms with E-state index >= 15 is 0 Å². The summed E-state index contributed by atoms with van der Waals surface area (Å²) in [5.74, 6) is -1.66. The van der Waals surface area contributed by atoms with E-state index in [2.05, 4.69) is 0 Å². The molecule has 0 aliphatic rings. The van der Waals surface area contributed by atoms with E-state index < -0.39 is 27.7 Å². The zero-order valence-corrected chi connectivity index (χ0v) is 10.5. The topological polar surface area (TPSA) is 91.7 Å². The molecule has 94 valence electrons. The van der Waals surface area contributed by atoms with Crippen LogP contribution >= 0.6 is 11.6 Å². The van der Waals surface area contributed by atoms with E-state index in [9.17, 15) is 13.2 Å². The third-order valence-corrected chi connectivity index (χ3v) is 4.20. The van der Waals surface area contributed by atoms with Crippen LogP contribution in [0.5, 0.6) is 0 Å². The van der Waals surface area contributed by atoms with Crippen LogP contribution in [0.1, 0.15) is 17.3 Å². The summed E-state index contributed by atoms with van der Waals surface area (Å²) in [7, 11) is -3.65. The quantitative estimate of drug-likeness (QED) is 0.863. The van der Waals surface area contributed by atoms with Crippen LogP contribution < -0.4 is 0 Å². The SMILES string of the molecule is CC(O)CS(=O)(=O)c1ccc(C(=O)O)c(Cl)c1. The fourth-order valence-electron chi connectivity index (χ4n) is 1.28. The van der Waals surface area contributed by atoms with Crippen molar-refractivity contribution in [3.8, 4) is 0 Å². The van der Waals surface area contributed by atoms with Crippen molar-refractivity contribution in [3.05, 3.63) is 28.8 Å². The number of rotatable bonds is 4. The smallest absolute Gasteiger partial charge is 0.337 e. The first-order valence-corrected chi connectivity index (χ1v) is 6.70. The molecule has 1 unspecified atom stereocenters. The van der Waals surface area contributed by atoms with Crippen molar-refractivity contribution in [2.45, 2.75) is 17.9 Å². The molecule has 0 fully saturated rings. The lowest BCUT2D eigenvalue weighted by atomic mass is 10.2. The highest BCUT2D eigenvalue weighted by Gasteiger charge is 2.19.